The molecule has 0 unspecified atom stereocenters. The maximum atomic E-state index is 11.6. The number of thioether (sulfide) groups is 1. The molecule has 3 rings (SSSR count). The first-order valence-electron chi connectivity index (χ1n) is 6.67. The number of nitrogen functional groups attached to an aromatic ring is 1. The molecule has 0 radical (unpaired) electrons. The van der Waals surface area contributed by atoms with Gasteiger partial charge in [-0.1, -0.05) is 23.9 Å². The van der Waals surface area contributed by atoms with Crippen molar-refractivity contribution in [3.63, 3.8) is 0 Å². The van der Waals surface area contributed by atoms with Crippen LogP contribution < -0.4 is 5.73 Å². The second-order valence-electron chi connectivity index (χ2n) is 4.52. The van der Waals surface area contributed by atoms with Crippen LogP contribution in [0.2, 0.25) is 0 Å². The van der Waals surface area contributed by atoms with Crippen LogP contribution in [-0.2, 0) is 16.0 Å². The van der Waals surface area contributed by atoms with E-state index in [0.29, 0.717) is 23.9 Å². The van der Waals surface area contributed by atoms with Gasteiger partial charge in [-0.05, 0) is 24.1 Å². The molecular weight excluding hydrogens is 290 g/mol. The zero-order valence-corrected chi connectivity index (χ0v) is 12.8. The van der Waals surface area contributed by atoms with E-state index >= 15 is 0 Å². The Morgan fingerprint density at radius 2 is 2.00 bits per heavy atom. The van der Waals surface area contributed by atoms with Crippen LogP contribution in [0.15, 0.2) is 29.4 Å². The van der Waals surface area contributed by atoms with E-state index in [1.54, 1.807) is 19.2 Å². The summed E-state index contributed by atoms with van der Waals surface area (Å²) in [5.41, 5.74) is 7.28. The summed E-state index contributed by atoms with van der Waals surface area (Å²) >= 11 is 1.19. The number of hydrogen-bond donors (Lipinski definition) is 1. The van der Waals surface area contributed by atoms with E-state index < -0.39 is 0 Å². The number of methoxy groups -OCH3 is 1. The van der Waals surface area contributed by atoms with Crippen molar-refractivity contribution in [2.75, 3.05) is 31.8 Å². The van der Waals surface area contributed by atoms with Crippen molar-refractivity contribution in [1.82, 2.24) is 5.01 Å². The third-order valence-corrected chi connectivity index (χ3v) is 3.74. The van der Waals surface area contributed by atoms with Crippen LogP contribution in [0.4, 0.5) is 10.5 Å². The summed E-state index contributed by atoms with van der Waals surface area (Å²) in [7, 11) is 1.55. The van der Waals surface area contributed by atoms with Crippen molar-refractivity contribution < 1.29 is 14.3 Å². The number of hydrogen-bond acceptors (Lipinski definition) is 6. The predicted octanol–water partition coefficient (Wildman–Crippen LogP) is 2.30. The minimum absolute atomic E-state index is 0.0670. The third-order valence-electron chi connectivity index (χ3n) is 2.89. The first-order valence-corrected chi connectivity index (χ1v) is 7.65. The number of benzene rings is 1. The van der Waals surface area contributed by atoms with Gasteiger partial charge in [-0.25, -0.2) is 5.01 Å². The highest BCUT2D eigenvalue weighted by molar-refractivity contribution is 8.14. The number of ether oxygens (including phenoxy) is 2. The average molecular weight is 309 g/mol. The number of carbonyl (C=O) groups excluding carboxylic acids is 1. The van der Waals surface area contributed by atoms with Crippen molar-refractivity contribution >= 4 is 28.6 Å². The molecule has 0 spiro atoms. The summed E-state index contributed by atoms with van der Waals surface area (Å²) in [5.74, 6) is 1.05. The van der Waals surface area contributed by atoms with Crippen LogP contribution in [0.5, 0.6) is 0 Å². The fourth-order valence-electron chi connectivity index (χ4n) is 1.54. The van der Waals surface area contributed by atoms with Crippen LogP contribution in [0.25, 0.3) is 0 Å². The second kappa shape index (κ2) is 7.90. The van der Waals surface area contributed by atoms with Crippen LogP contribution in [0.3, 0.4) is 0 Å². The molecule has 0 atom stereocenters. The van der Waals surface area contributed by atoms with E-state index in [0.717, 1.165) is 18.8 Å². The van der Waals surface area contributed by atoms with Gasteiger partial charge >= 0.3 is 5.24 Å². The van der Waals surface area contributed by atoms with Crippen LogP contribution in [0.1, 0.15) is 12.0 Å². The molecule has 114 valence electrons. The van der Waals surface area contributed by atoms with Crippen LogP contribution >= 0.6 is 11.8 Å². The van der Waals surface area contributed by atoms with E-state index in [2.05, 4.69) is 5.10 Å². The van der Waals surface area contributed by atoms with Crippen molar-refractivity contribution in [3.05, 3.63) is 29.8 Å². The Kier molecular flexibility index (Phi) is 5.89. The van der Waals surface area contributed by atoms with E-state index in [9.17, 15) is 4.79 Å². The zero-order valence-electron chi connectivity index (χ0n) is 11.9. The highest BCUT2D eigenvalue weighted by atomic mass is 32.2. The molecule has 21 heavy (non-hydrogen) atoms. The summed E-state index contributed by atoms with van der Waals surface area (Å²) in [6, 6.07) is 7.36. The Morgan fingerprint density at radius 1 is 1.38 bits per heavy atom. The Morgan fingerprint density at radius 3 is 2.52 bits per heavy atom. The van der Waals surface area contributed by atoms with Crippen molar-refractivity contribution in [2.45, 2.75) is 13.0 Å². The maximum absolute atomic E-state index is 11.6. The molecule has 1 fully saturated rings. The van der Waals surface area contributed by atoms with Gasteiger partial charge in [0.1, 0.15) is 0 Å². The van der Waals surface area contributed by atoms with Gasteiger partial charge < -0.3 is 15.2 Å². The number of nitrogens with zero attached hydrogens (tertiary/aromatic N) is 2. The molecule has 2 heterocycles. The van der Waals surface area contributed by atoms with Crippen molar-refractivity contribution in [3.8, 4) is 0 Å². The lowest BCUT2D eigenvalue weighted by molar-refractivity contribution is 0.0367. The number of amides is 1. The van der Waals surface area contributed by atoms with Gasteiger partial charge in [-0.3, -0.25) is 4.79 Å². The van der Waals surface area contributed by atoms with Gasteiger partial charge in [0, 0.05) is 18.9 Å². The van der Waals surface area contributed by atoms with Gasteiger partial charge in [0.2, 0.25) is 5.90 Å². The molecule has 1 saturated heterocycles. The van der Waals surface area contributed by atoms with Gasteiger partial charge in [0.05, 0.1) is 19.4 Å². The quantitative estimate of drug-likeness (QED) is 0.848. The molecule has 1 amide bonds. The minimum Gasteiger partial charge on any atom is -0.482 e. The number of rotatable bonds is 2. The first kappa shape index (κ1) is 15.7. The standard InChI is InChI=1S/C11H13N3O2S.C3H6O/c1-16-10-7-17-11(15)14(13-10)6-8-2-4-9(12)5-3-8;1-2-4-3-1/h2-5H,6-7,12H2,1H3;1-3H2. The average Bonchev–Trinajstić information content (AvgIpc) is 2.42. The molecule has 2 aliphatic rings. The van der Waals surface area contributed by atoms with Crippen LogP contribution in [0, 0.1) is 0 Å². The molecule has 0 bridgehead atoms. The van der Waals surface area contributed by atoms with E-state index in [-0.39, 0.29) is 5.24 Å². The van der Waals surface area contributed by atoms with Gasteiger partial charge in [-0.2, -0.15) is 0 Å². The van der Waals surface area contributed by atoms with Crippen molar-refractivity contribution in [2.24, 2.45) is 5.10 Å². The number of anilines is 1. The first-order chi connectivity index (χ1) is 10.2. The summed E-state index contributed by atoms with van der Waals surface area (Å²) in [6.45, 7) is 2.43. The summed E-state index contributed by atoms with van der Waals surface area (Å²) in [6.07, 6.45) is 1.28. The fraction of sp³-hybridized carbons (Fsp3) is 0.429. The molecular formula is C14H19N3O3S. The molecule has 7 heteroatoms. The Hall–Kier alpha value is -1.73. The molecule has 0 aromatic heterocycles. The topological polar surface area (TPSA) is 77.2 Å². The molecule has 2 aliphatic heterocycles. The Labute approximate surface area is 128 Å². The number of hydrazone groups is 1. The van der Waals surface area contributed by atoms with E-state index in [1.807, 2.05) is 12.1 Å². The summed E-state index contributed by atoms with van der Waals surface area (Å²) in [5, 5.41) is 5.46. The largest absolute Gasteiger partial charge is 0.482 e. The summed E-state index contributed by atoms with van der Waals surface area (Å²) in [4.78, 5) is 11.6. The third kappa shape index (κ3) is 4.95. The monoisotopic (exact) mass is 309 g/mol. The lowest BCUT2D eigenvalue weighted by Crippen LogP contribution is -2.29. The van der Waals surface area contributed by atoms with Crippen molar-refractivity contribution in [1.29, 1.82) is 0 Å². The minimum atomic E-state index is -0.0670. The van der Waals surface area contributed by atoms with E-state index in [4.69, 9.17) is 15.2 Å². The SMILES string of the molecule is C1COC1.COC1=NN(Cc2ccc(N)cc2)C(=O)SC1. The summed E-state index contributed by atoms with van der Waals surface area (Å²) < 4.78 is 9.76. The molecule has 0 saturated carbocycles. The highest BCUT2D eigenvalue weighted by Gasteiger charge is 2.21. The van der Waals surface area contributed by atoms with Gasteiger partial charge in [-0.15, -0.1) is 5.10 Å². The Bertz CT molecular complexity index is 497. The fourth-order valence-corrected chi connectivity index (χ4v) is 2.22. The van der Waals surface area contributed by atoms with E-state index in [1.165, 1.54) is 23.2 Å². The number of carbonyl (C=O) groups is 1. The zero-order chi connectivity index (χ0) is 15.1. The smallest absolute Gasteiger partial charge is 0.302 e. The normalized spacial score (nSPS) is 17.3. The molecule has 2 N–H and O–H groups in total. The molecule has 1 aromatic carbocycles. The predicted molar refractivity (Wildman–Crippen MR) is 84.1 cm³/mol. The molecule has 1 aromatic rings. The van der Waals surface area contributed by atoms with Gasteiger partial charge in [0.15, 0.2) is 0 Å². The second-order valence-corrected chi connectivity index (χ2v) is 5.44. The number of nitrogens with two attached hydrogens (primary N) is 1. The lowest BCUT2D eigenvalue weighted by Gasteiger charge is -2.21. The lowest BCUT2D eigenvalue weighted by atomic mass is 10.2. The van der Waals surface area contributed by atoms with Crippen LogP contribution in [-0.4, -0.2) is 42.2 Å². The van der Waals surface area contributed by atoms with Gasteiger partial charge in [0.25, 0.3) is 0 Å². The molecule has 6 nitrogen and oxygen atoms in total. The Balaban J connectivity index is 0.000000347. The maximum Gasteiger partial charge on any atom is 0.302 e. The highest BCUT2D eigenvalue weighted by Crippen LogP contribution is 2.19. The molecule has 0 aliphatic carbocycles.